The molecule has 10 heteroatoms. The molecule has 4 aliphatic heterocycles. The van der Waals surface area contributed by atoms with Gasteiger partial charge in [-0.2, -0.15) is 0 Å². The minimum Gasteiger partial charge on any atom is -0.369 e. The molecule has 4 heterocycles. The summed E-state index contributed by atoms with van der Waals surface area (Å²) < 4.78 is 0. The number of nitrogens with zero attached hydrogens (tertiary/aromatic N) is 6. The molecule has 232 valence electrons. The van der Waals surface area contributed by atoms with E-state index in [-0.39, 0.29) is 0 Å². The van der Waals surface area contributed by atoms with Crippen LogP contribution in [0.15, 0.2) is 72.8 Å². The van der Waals surface area contributed by atoms with E-state index in [9.17, 15) is 19.2 Å². The van der Waals surface area contributed by atoms with Crippen LogP contribution in [0.1, 0.15) is 41.4 Å². The fraction of sp³-hybridized carbons (Fsp3) is 0.278. The number of carbonyl (C=O) groups excluding carboxylic acids is 4. The van der Waals surface area contributed by atoms with Crippen molar-refractivity contribution >= 4 is 57.2 Å². The van der Waals surface area contributed by atoms with Crippen LogP contribution in [-0.2, 0) is 0 Å². The standard InChI is InChI=1S/C36H34N6O4/c1-37-13-17-39(18-14-37)23-5-3-7-25(21-23)41-33(43)27-9-11-29-32-30(12-10-28(31(27)32)34(41)44)36(46)42(35(29)45)26-8-4-6-24(22-26)40-19-15-38(2)16-20-40/h3-12,21-22H,13-20H2,1-2H3. The van der Waals surface area contributed by atoms with Crippen molar-refractivity contribution in [1.82, 2.24) is 9.80 Å². The highest BCUT2D eigenvalue weighted by Gasteiger charge is 2.41. The lowest BCUT2D eigenvalue weighted by atomic mass is 9.85. The molecule has 0 radical (unpaired) electrons. The van der Waals surface area contributed by atoms with Crippen molar-refractivity contribution in [3.8, 4) is 0 Å². The Morgan fingerprint density at radius 2 is 0.717 bits per heavy atom. The summed E-state index contributed by atoms with van der Waals surface area (Å²) in [5, 5.41) is 0.730. The molecule has 4 aromatic rings. The van der Waals surface area contributed by atoms with Crippen molar-refractivity contribution in [3.05, 3.63) is 95.1 Å². The van der Waals surface area contributed by atoms with Crippen molar-refractivity contribution in [1.29, 1.82) is 0 Å². The lowest BCUT2D eigenvalue weighted by Gasteiger charge is -2.35. The van der Waals surface area contributed by atoms with Gasteiger partial charge in [0.25, 0.3) is 23.6 Å². The number of carbonyl (C=O) groups is 4. The van der Waals surface area contributed by atoms with E-state index in [2.05, 4.69) is 33.7 Å². The first-order chi connectivity index (χ1) is 22.3. The highest BCUT2D eigenvalue weighted by molar-refractivity contribution is 6.42. The second-order valence-corrected chi connectivity index (χ2v) is 12.6. The van der Waals surface area contributed by atoms with Gasteiger partial charge in [-0.1, -0.05) is 12.1 Å². The van der Waals surface area contributed by atoms with Gasteiger partial charge in [-0.15, -0.1) is 0 Å². The number of hydrogen-bond acceptors (Lipinski definition) is 8. The third-order valence-electron chi connectivity index (χ3n) is 9.81. The highest BCUT2D eigenvalue weighted by atomic mass is 16.2. The first kappa shape index (κ1) is 28.4. The summed E-state index contributed by atoms with van der Waals surface area (Å²) in [5.74, 6) is -1.89. The molecule has 46 heavy (non-hydrogen) atoms. The Labute approximate surface area is 267 Å². The number of hydrogen-bond donors (Lipinski definition) is 0. The molecule has 8 rings (SSSR count). The molecule has 0 spiro atoms. The van der Waals surface area contributed by atoms with Crippen molar-refractivity contribution in [2.45, 2.75) is 0 Å². The van der Waals surface area contributed by atoms with E-state index in [1.165, 1.54) is 9.80 Å². The summed E-state index contributed by atoms with van der Waals surface area (Å²) in [7, 11) is 4.19. The van der Waals surface area contributed by atoms with Crippen LogP contribution in [0, 0.1) is 0 Å². The maximum Gasteiger partial charge on any atom is 0.265 e. The van der Waals surface area contributed by atoms with Crippen LogP contribution < -0.4 is 19.6 Å². The van der Waals surface area contributed by atoms with Crippen LogP contribution in [0.5, 0.6) is 0 Å². The third kappa shape index (κ3) is 4.39. The number of imide groups is 2. The van der Waals surface area contributed by atoms with Gasteiger partial charge >= 0.3 is 0 Å². The molecule has 0 bridgehead atoms. The number of likely N-dealkylation sites (N-methyl/N-ethyl adjacent to an activating group) is 2. The maximum atomic E-state index is 14.0. The summed E-state index contributed by atoms with van der Waals surface area (Å²) >= 11 is 0. The number of benzene rings is 4. The normalized spacial score (nSPS) is 19.1. The van der Waals surface area contributed by atoms with Gasteiger partial charge in [0.15, 0.2) is 0 Å². The second kappa shape index (κ2) is 10.8. The molecule has 0 saturated carbocycles. The monoisotopic (exact) mass is 614 g/mol. The molecule has 2 saturated heterocycles. The third-order valence-corrected chi connectivity index (χ3v) is 9.81. The number of amides is 4. The van der Waals surface area contributed by atoms with Gasteiger partial charge in [-0.05, 0) is 74.8 Å². The van der Waals surface area contributed by atoms with Crippen molar-refractivity contribution < 1.29 is 19.2 Å². The fourth-order valence-electron chi connectivity index (χ4n) is 7.13. The van der Waals surface area contributed by atoms with Crippen molar-refractivity contribution in [2.75, 3.05) is 86.1 Å². The summed E-state index contributed by atoms with van der Waals surface area (Å²) in [4.78, 5) is 67.6. The molecule has 0 atom stereocenters. The minimum absolute atomic E-state index is 0.298. The molecule has 0 N–H and O–H groups in total. The summed E-state index contributed by atoms with van der Waals surface area (Å²) in [6, 6.07) is 21.5. The van der Waals surface area contributed by atoms with E-state index < -0.39 is 23.6 Å². The van der Waals surface area contributed by atoms with Gasteiger partial charge in [0.2, 0.25) is 0 Å². The van der Waals surface area contributed by atoms with Crippen LogP contribution in [-0.4, -0.2) is 99.9 Å². The molecule has 4 amide bonds. The predicted molar refractivity (Wildman–Crippen MR) is 179 cm³/mol. The fourth-order valence-corrected chi connectivity index (χ4v) is 7.13. The van der Waals surface area contributed by atoms with Crippen LogP contribution >= 0.6 is 0 Å². The van der Waals surface area contributed by atoms with E-state index in [1.54, 1.807) is 36.4 Å². The largest absolute Gasteiger partial charge is 0.369 e. The molecule has 4 aromatic carbocycles. The first-order valence-corrected chi connectivity index (χ1v) is 15.7. The lowest BCUT2D eigenvalue weighted by Crippen LogP contribution is -2.45. The molecule has 0 aromatic heterocycles. The Morgan fingerprint density at radius 1 is 0.413 bits per heavy atom. The average molecular weight is 615 g/mol. The van der Waals surface area contributed by atoms with Gasteiger partial charge in [0, 0.05) is 96.8 Å². The number of rotatable bonds is 4. The zero-order valence-electron chi connectivity index (χ0n) is 25.9. The summed E-state index contributed by atoms with van der Waals surface area (Å²) in [5.41, 5.74) is 4.08. The summed E-state index contributed by atoms with van der Waals surface area (Å²) in [6.07, 6.45) is 0. The first-order valence-electron chi connectivity index (χ1n) is 15.7. The van der Waals surface area contributed by atoms with E-state index in [1.807, 2.05) is 36.4 Å². The quantitative estimate of drug-likeness (QED) is 0.320. The van der Waals surface area contributed by atoms with E-state index in [0.29, 0.717) is 44.4 Å². The molecule has 4 aliphatic rings. The van der Waals surface area contributed by atoms with E-state index in [4.69, 9.17) is 0 Å². The molecular weight excluding hydrogens is 580 g/mol. The Bertz CT molecular complexity index is 1750. The molecule has 2 fully saturated rings. The Kier molecular flexibility index (Phi) is 6.66. The van der Waals surface area contributed by atoms with Gasteiger partial charge in [-0.25, -0.2) is 9.80 Å². The zero-order valence-corrected chi connectivity index (χ0v) is 25.9. The number of anilines is 4. The SMILES string of the molecule is CN1CCN(c2cccc(N3C(=O)c4ccc5c6c(ccc(c46)C3=O)C(=O)N(c3cccc(N4CCN(C)CC4)c3)C5=O)c2)CC1. The van der Waals surface area contributed by atoms with E-state index >= 15 is 0 Å². The second-order valence-electron chi connectivity index (χ2n) is 12.6. The Morgan fingerprint density at radius 3 is 1.04 bits per heavy atom. The Hall–Kier alpha value is -5.06. The molecule has 10 nitrogen and oxygen atoms in total. The van der Waals surface area contributed by atoms with Crippen LogP contribution in [0.25, 0.3) is 10.8 Å². The highest BCUT2D eigenvalue weighted by Crippen LogP contribution is 2.41. The van der Waals surface area contributed by atoms with Crippen LogP contribution in [0.2, 0.25) is 0 Å². The van der Waals surface area contributed by atoms with Crippen LogP contribution in [0.3, 0.4) is 0 Å². The van der Waals surface area contributed by atoms with Gasteiger partial charge in [0.1, 0.15) is 0 Å². The van der Waals surface area contributed by atoms with Gasteiger partial charge in [-0.3, -0.25) is 19.2 Å². The maximum absolute atomic E-state index is 14.0. The Balaban J connectivity index is 1.15. The van der Waals surface area contributed by atoms with Gasteiger partial charge < -0.3 is 19.6 Å². The van der Waals surface area contributed by atoms with Crippen molar-refractivity contribution in [3.63, 3.8) is 0 Å². The number of piperazine rings is 2. The summed E-state index contributed by atoms with van der Waals surface area (Å²) in [6.45, 7) is 7.16. The molecule has 0 aliphatic carbocycles. The average Bonchev–Trinajstić information content (AvgIpc) is 3.07. The zero-order chi connectivity index (χ0) is 31.7. The molecular formula is C36H34N6O4. The predicted octanol–water partition coefficient (Wildman–Crippen LogP) is 3.94. The van der Waals surface area contributed by atoms with Crippen molar-refractivity contribution in [2.24, 2.45) is 0 Å². The topological polar surface area (TPSA) is 87.7 Å². The molecule has 0 unspecified atom stereocenters. The van der Waals surface area contributed by atoms with Gasteiger partial charge in [0.05, 0.1) is 11.4 Å². The minimum atomic E-state index is -0.473. The lowest BCUT2D eigenvalue weighted by molar-refractivity contribution is 0.0873. The van der Waals surface area contributed by atoms with Crippen LogP contribution in [0.4, 0.5) is 22.7 Å². The van der Waals surface area contributed by atoms with E-state index in [0.717, 1.165) is 63.7 Å². The smallest absolute Gasteiger partial charge is 0.265 e.